The molecule has 17 heavy (non-hydrogen) atoms. The lowest BCUT2D eigenvalue weighted by molar-refractivity contribution is -0.0869. The largest absolute Gasteiger partial charge is 0.377 e. The number of hydrogen-bond acceptors (Lipinski definition) is 3. The lowest BCUT2D eigenvalue weighted by Gasteiger charge is -2.51. The molecule has 0 aromatic rings. The number of piperidine rings is 1. The summed E-state index contributed by atoms with van der Waals surface area (Å²) >= 11 is 0. The normalized spacial score (nSPS) is 34.8. The summed E-state index contributed by atoms with van der Waals surface area (Å²) in [6.07, 6.45) is 9.06. The van der Waals surface area contributed by atoms with E-state index in [2.05, 4.69) is 11.8 Å². The molecule has 0 aromatic heterocycles. The van der Waals surface area contributed by atoms with E-state index in [-0.39, 0.29) is 11.1 Å². The quantitative estimate of drug-likeness (QED) is 0.821. The van der Waals surface area contributed by atoms with Gasteiger partial charge < -0.3 is 10.5 Å². The van der Waals surface area contributed by atoms with Gasteiger partial charge in [-0.05, 0) is 39.2 Å². The van der Waals surface area contributed by atoms with E-state index < -0.39 is 0 Å². The van der Waals surface area contributed by atoms with E-state index in [0.717, 1.165) is 13.1 Å². The van der Waals surface area contributed by atoms with E-state index in [9.17, 15) is 0 Å². The fraction of sp³-hybridized carbons (Fsp3) is 1.00. The SMILES string of the molecule is COC1(C)CCCN(C2(CN)CCCCC2)C1. The summed E-state index contributed by atoms with van der Waals surface area (Å²) in [4.78, 5) is 2.64. The van der Waals surface area contributed by atoms with E-state index in [1.807, 2.05) is 7.11 Å². The summed E-state index contributed by atoms with van der Waals surface area (Å²) < 4.78 is 5.71. The Hall–Kier alpha value is -0.120. The lowest BCUT2D eigenvalue weighted by Crippen LogP contribution is -2.61. The maximum Gasteiger partial charge on any atom is 0.0777 e. The van der Waals surface area contributed by atoms with Crippen LogP contribution in [-0.2, 0) is 4.74 Å². The maximum atomic E-state index is 6.12. The molecule has 2 aliphatic rings. The second-order valence-corrected chi connectivity index (χ2v) is 6.17. The first-order valence-electron chi connectivity index (χ1n) is 7.14. The predicted octanol–water partition coefficient (Wildman–Crippen LogP) is 2.15. The number of methoxy groups -OCH3 is 1. The number of hydrogen-bond donors (Lipinski definition) is 1. The number of ether oxygens (including phenoxy) is 1. The Labute approximate surface area is 106 Å². The van der Waals surface area contributed by atoms with Gasteiger partial charge in [0.1, 0.15) is 0 Å². The van der Waals surface area contributed by atoms with E-state index in [1.165, 1.54) is 51.5 Å². The zero-order valence-corrected chi connectivity index (χ0v) is 11.5. The van der Waals surface area contributed by atoms with Gasteiger partial charge in [0, 0.05) is 25.7 Å². The molecule has 1 saturated carbocycles. The Kier molecular flexibility index (Phi) is 4.11. The fourth-order valence-electron chi connectivity index (χ4n) is 3.64. The molecule has 3 nitrogen and oxygen atoms in total. The summed E-state index contributed by atoms with van der Waals surface area (Å²) in [7, 11) is 1.85. The Morgan fingerprint density at radius 3 is 2.41 bits per heavy atom. The average molecular weight is 240 g/mol. The first kappa shape index (κ1) is 13.3. The molecular formula is C14H28N2O. The van der Waals surface area contributed by atoms with Crippen LogP contribution >= 0.6 is 0 Å². The summed E-state index contributed by atoms with van der Waals surface area (Å²) in [5.74, 6) is 0. The van der Waals surface area contributed by atoms with Crippen molar-refractivity contribution in [2.45, 2.75) is 63.0 Å². The molecule has 100 valence electrons. The Morgan fingerprint density at radius 2 is 1.82 bits per heavy atom. The van der Waals surface area contributed by atoms with Gasteiger partial charge in [-0.25, -0.2) is 0 Å². The molecule has 0 amide bonds. The molecule has 1 aliphatic carbocycles. The minimum absolute atomic E-state index is 0.0396. The average Bonchev–Trinajstić information content (AvgIpc) is 2.39. The van der Waals surface area contributed by atoms with E-state index in [0.29, 0.717) is 0 Å². The van der Waals surface area contributed by atoms with Gasteiger partial charge >= 0.3 is 0 Å². The van der Waals surface area contributed by atoms with Crippen LogP contribution in [0.4, 0.5) is 0 Å². The van der Waals surface area contributed by atoms with Gasteiger partial charge in [-0.3, -0.25) is 4.90 Å². The highest BCUT2D eigenvalue weighted by molar-refractivity contribution is 4.98. The number of likely N-dealkylation sites (tertiary alicyclic amines) is 1. The molecule has 1 saturated heterocycles. The highest BCUT2D eigenvalue weighted by atomic mass is 16.5. The topological polar surface area (TPSA) is 38.5 Å². The van der Waals surface area contributed by atoms with Crippen LogP contribution in [0.15, 0.2) is 0 Å². The van der Waals surface area contributed by atoms with Gasteiger partial charge in [-0.15, -0.1) is 0 Å². The molecule has 3 heteroatoms. The third-order valence-electron chi connectivity index (χ3n) is 4.99. The predicted molar refractivity (Wildman–Crippen MR) is 71.1 cm³/mol. The van der Waals surface area contributed by atoms with Gasteiger partial charge in [0.05, 0.1) is 5.60 Å². The Morgan fingerprint density at radius 1 is 1.12 bits per heavy atom. The van der Waals surface area contributed by atoms with E-state index >= 15 is 0 Å². The number of nitrogens with zero attached hydrogens (tertiary/aromatic N) is 1. The van der Waals surface area contributed by atoms with Gasteiger partial charge in [-0.1, -0.05) is 19.3 Å². The van der Waals surface area contributed by atoms with Crippen molar-refractivity contribution in [3.05, 3.63) is 0 Å². The molecule has 2 fully saturated rings. The Bertz CT molecular complexity index is 251. The van der Waals surface area contributed by atoms with Gasteiger partial charge in [0.25, 0.3) is 0 Å². The lowest BCUT2D eigenvalue weighted by atomic mass is 9.78. The molecule has 1 atom stereocenters. The molecule has 2 N–H and O–H groups in total. The van der Waals surface area contributed by atoms with Crippen LogP contribution in [0, 0.1) is 0 Å². The Balaban J connectivity index is 2.08. The van der Waals surface area contributed by atoms with Crippen molar-refractivity contribution in [2.24, 2.45) is 5.73 Å². The third-order valence-corrected chi connectivity index (χ3v) is 4.99. The zero-order valence-electron chi connectivity index (χ0n) is 11.5. The second kappa shape index (κ2) is 5.25. The van der Waals surface area contributed by atoms with Crippen LogP contribution in [0.3, 0.4) is 0 Å². The summed E-state index contributed by atoms with van der Waals surface area (Å²) in [5, 5.41) is 0. The van der Waals surface area contributed by atoms with Crippen LogP contribution in [0.25, 0.3) is 0 Å². The number of nitrogens with two attached hydrogens (primary N) is 1. The number of rotatable bonds is 3. The molecule has 1 heterocycles. The van der Waals surface area contributed by atoms with Crippen molar-refractivity contribution in [2.75, 3.05) is 26.7 Å². The van der Waals surface area contributed by atoms with Crippen LogP contribution < -0.4 is 5.73 Å². The summed E-state index contributed by atoms with van der Waals surface area (Å²) in [6, 6.07) is 0. The van der Waals surface area contributed by atoms with Crippen molar-refractivity contribution in [3.8, 4) is 0 Å². The van der Waals surface area contributed by atoms with Crippen LogP contribution in [0.5, 0.6) is 0 Å². The maximum absolute atomic E-state index is 6.12. The van der Waals surface area contributed by atoms with Crippen molar-refractivity contribution in [3.63, 3.8) is 0 Å². The molecule has 0 aromatic carbocycles. The van der Waals surface area contributed by atoms with Crippen LogP contribution in [0.1, 0.15) is 51.9 Å². The molecule has 0 spiro atoms. The van der Waals surface area contributed by atoms with Crippen LogP contribution in [0.2, 0.25) is 0 Å². The van der Waals surface area contributed by atoms with Crippen molar-refractivity contribution in [1.82, 2.24) is 4.90 Å². The van der Waals surface area contributed by atoms with Crippen molar-refractivity contribution < 1.29 is 4.74 Å². The summed E-state index contributed by atoms with van der Waals surface area (Å²) in [6.45, 7) is 5.32. The third kappa shape index (κ3) is 2.67. The summed E-state index contributed by atoms with van der Waals surface area (Å²) in [5.41, 5.74) is 6.43. The highest BCUT2D eigenvalue weighted by Gasteiger charge is 2.42. The first-order chi connectivity index (χ1) is 8.14. The van der Waals surface area contributed by atoms with Gasteiger partial charge in [0.15, 0.2) is 0 Å². The highest BCUT2D eigenvalue weighted by Crippen LogP contribution is 2.37. The van der Waals surface area contributed by atoms with Crippen molar-refractivity contribution in [1.29, 1.82) is 0 Å². The molecular weight excluding hydrogens is 212 g/mol. The zero-order chi connectivity index (χ0) is 12.4. The minimum Gasteiger partial charge on any atom is -0.377 e. The van der Waals surface area contributed by atoms with E-state index in [4.69, 9.17) is 10.5 Å². The molecule has 1 unspecified atom stereocenters. The molecule has 2 rings (SSSR count). The van der Waals surface area contributed by atoms with E-state index in [1.54, 1.807) is 0 Å². The standard InChI is InChI=1S/C14H28N2O/c1-13(17-2)7-6-10-16(12-13)14(11-15)8-4-3-5-9-14/h3-12,15H2,1-2H3. The second-order valence-electron chi connectivity index (χ2n) is 6.17. The fourth-order valence-corrected chi connectivity index (χ4v) is 3.64. The first-order valence-corrected chi connectivity index (χ1v) is 7.14. The smallest absolute Gasteiger partial charge is 0.0777 e. The molecule has 0 radical (unpaired) electrons. The molecule has 1 aliphatic heterocycles. The monoisotopic (exact) mass is 240 g/mol. The van der Waals surface area contributed by atoms with Crippen molar-refractivity contribution >= 4 is 0 Å². The van der Waals surface area contributed by atoms with Gasteiger partial charge in [-0.2, -0.15) is 0 Å². The minimum atomic E-state index is 0.0396. The van der Waals surface area contributed by atoms with Crippen LogP contribution in [-0.4, -0.2) is 42.8 Å². The van der Waals surface area contributed by atoms with Gasteiger partial charge in [0.2, 0.25) is 0 Å². The molecule has 0 bridgehead atoms.